The molecule has 2 rings (SSSR count). The van der Waals surface area contributed by atoms with Gasteiger partial charge in [-0.05, 0) is 26.0 Å². The minimum atomic E-state index is 0. The van der Waals surface area contributed by atoms with Gasteiger partial charge in [-0.2, -0.15) is 0 Å². The highest BCUT2D eigenvalue weighted by atomic mass is 127. The zero-order valence-electron chi connectivity index (χ0n) is 13.6. The standard InChI is InChI=1S/C15H26N4O2.HI/c1-15(2)12-20-10-8-19(15)7-6-17-14(16-3)18-11-13-5-4-9-21-13;/h4-5,9H,6-8,10-12H2,1-3H3,(H2,16,17,18);1H. The Morgan fingerprint density at radius 3 is 2.86 bits per heavy atom. The van der Waals surface area contributed by atoms with Gasteiger partial charge in [-0.15, -0.1) is 24.0 Å². The van der Waals surface area contributed by atoms with Crippen molar-refractivity contribution in [2.75, 3.05) is 39.9 Å². The molecule has 6 nitrogen and oxygen atoms in total. The molecule has 1 aromatic rings. The average molecular weight is 422 g/mol. The van der Waals surface area contributed by atoms with E-state index in [-0.39, 0.29) is 29.5 Å². The van der Waals surface area contributed by atoms with Crippen molar-refractivity contribution in [3.8, 4) is 0 Å². The van der Waals surface area contributed by atoms with Crippen LogP contribution >= 0.6 is 24.0 Å². The van der Waals surface area contributed by atoms with Gasteiger partial charge in [-0.25, -0.2) is 0 Å². The fraction of sp³-hybridized carbons (Fsp3) is 0.667. The molecule has 1 aromatic heterocycles. The maximum atomic E-state index is 5.53. The highest BCUT2D eigenvalue weighted by Gasteiger charge is 2.29. The summed E-state index contributed by atoms with van der Waals surface area (Å²) in [6.45, 7) is 9.47. The molecule has 1 aliphatic heterocycles. The van der Waals surface area contributed by atoms with Gasteiger partial charge in [0.15, 0.2) is 5.96 Å². The van der Waals surface area contributed by atoms with Crippen molar-refractivity contribution < 1.29 is 9.15 Å². The summed E-state index contributed by atoms with van der Waals surface area (Å²) in [4.78, 5) is 6.66. The molecule has 7 heteroatoms. The van der Waals surface area contributed by atoms with Crippen LogP contribution in [0.3, 0.4) is 0 Å². The first-order chi connectivity index (χ1) is 10.1. The molecule has 1 fully saturated rings. The molecular weight excluding hydrogens is 395 g/mol. The van der Waals surface area contributed by atoms with E-state index in [0.29, 0.717) is 6.54 Å². The summed E-state index contributed by atoms with van der Waals surface area (Å²) in [6, 6.07) is 3.82. The maximum absolute atomic E-state index is 5.53. The molecule has 0 radical (unpaired) electrons. The van der Waals surface area contributed by atoms with Crippen molar-refractivity contribution in [3.05, 3.63) is 24.2 Å². The molecule has 0 aromatic carbocycles. The molecule has 0 atom stereocenters. The zero-order chi connectivity index (χ0) is 15.1. The number of nitrogens with one attached hydrogen (secondary N) is 2. The fourth-order valence-corrected chi connectivity index (χ4v) is 2.42. The Kier molecular flexibility index (Phi) is 8.19. The summed E-state index contributed by atoms with van der Waals surface area (Å²) in [5.74, 6) is 1.68. The number of aliphatic imine (C=N–C) groups is 1. The summed E-state index contributed by atoms with van der Waals surface area (Å²) < 4.78 is 10.8. The van der Waals surface area contributed by atoms with E-state index in [1.165, 1.54) is 0 Å². The Bertz CT molecular complexity index is 448. The molecule has 0 bridgehead atoms. The zero-order valence-corrected chi connectivity index (χ0v) is 15.9. The molecule has 0 amide bonds. The Morgan fingerprint density at radius 1 is 1.41 bits per heavy atom. The van der Waals surface area contributed by atoms with Crippen LogP contribution in [0.1, 0.15) is 19.6 Å². The van der Waals surface area contributed by atoms with Crippen molar-refractivity contribution in [2.24, 2.45) is 4.99 Å². The second kappa shape index (κ2) is 9.36. The third-order valence-electron chi connectivity index (χ3n) is 3.72. The Hall–Kier alpha value is -0.800. The van der Waals surface area contributed by atoms with Crippen molar-refractivity contribution in [1.29, 1.82) is 0 Å². The summed E-state index contributed by atoms with van der Waals surface area (Å²) >= 11 is 0. The van der Waals surface area contributed by atoms with E-state index >= 15 is 0 Å². The molecule has 22 heavy (non-hydrogen) atoms. The van der Waals surface area contributed by atoms with Gasteiger partial charge in [0.2, 0.25) is 0 Å². The molecule has 2 N–H and O–H groups in total. The third-order valence-corrected chi connectivity index (χ3v) is 3.72. The number of nitrogens with zero attached hydrogens (tertiary/aromatic N) is 2. The van der Waals surface area contributed by atoms with Gasteiger partial charge in [0.1, 0.15) is 5.76 Å². The predicted octanol–water partition coefficient (Wildman–Crippen LogP) is 1.67. The van der Waals surface area contributed by atoms with Gasteiger partial charge < -0.3 is 19.8 Å². The van der Waals surface area contributed by atoms with Crippen LogP contribution in [0, 0.1) is 0 Å². The molecule has 1 aliphatic rings. The molecule has 1 saturated heterocycles. The lowest BCUT2D eigenvalue weighted by Gasteiger charge is -2.42. The van der Waals surface area contributed by atoms with E-state index in [9.17, 15) is 0 Å². The number of halogens is 1. The van der Waals surface area contributed by atoms with Gasteiger partial charge in [0.05, 0.1) is 26.0 Å². The first kappa shape index (κ1) is 19.2. The Morgan fingerprint density at radius 2 is 2.23 bits per heavy atom. The highest BCUT2D eigenvalue weighted by molar-refractivity contribution is 14.0. The maximum Gasteiger partial charge on any atom is 0.191 e. The van der Waals surface area contributed by atoms with Crippen molar-refractivity contribution in [3.63, 3.8) is 0 Å². The third kappa shape index (κ3) is 5.77. The van der Waals surface area contributed by atoms with Crippen LogP contribution < -0.4 is 10.6 Å². The van der Waals surface area contributed by atoms with Gasteiger partial charge in [-0.1, -0.05) is 0 Å². The topological polar surface area (TPSA) is 62.0 Å². The van der Waals surface area contributed by atoms with E-state index in [1.807, 2.05) is 12.1 Å². The van der Waals surface area contributed by atoms with Crippen LogP contribution in [0.15, 0.2) is 27.8 Å². The first-order valence-corrected chi connectivity index (χ1v) is 7.41. The van der Waals surface area contributed by atoms with Crippen LogP contribution in [0.5, 0.6) is 0 Å². The molecule has 2 heterocycles. The number of ether oxygens (including phenoxy) is 1. The van der Waals surface area contributed by atoms with Gasteiger partial charge >= 0.3 is 0 Å². The molecule has 0 aliphatic carbocycles. The number of hydrogen-bond donors (Lipinski definition) is 2. The van der Waals surface area contributed by atoms with Crippen LogP contribution in [-0.2, 0) is 11.3 Å². The van der Waals surface area contributed by atoms with Crippen LogP contribution in [0.2, 0.25) is 0 Å². The minimum absolute atomic E-state index is 0. The lowest BCUT2D eigenvalue weighted by molar-refractivity contribution is -0.0496. The molecule has 0 unspecified atom stereocenters. The number of guanidine groups is 1. The molecular formula is C15H27IN4O2. The van der Waals surface area contributed by atoms with Gasteiger partial charge in [-0.3, -0.25) is 9.89 Å². The smallest absolute Gasteiger partial charge is 0.191 e. The lowest BCUT2D eigenvalue weighted by Crippen LogP contribution is -2.55. The largest absolute Gasteiger partial charge is 0.467 e. The predicted molar refractivity (Wildman–Crippen MR) is 98.8 cm³/mol. The van der Waals surface area contributed by atoms with Crippen LogP contribution in [0.25, 0.3) is 0 Å². The van der Waals surface area contributed by atoms with Gasteiger partial charge in [0, 0.05) is 32.2 Å². The summed E-state index contributed by atoms with van der Waals surface area (Å²) in [7, 11) is 1.77. The Balaban J connectivity index is 0.00000242. The quantitative estimate of drug-likeness (QED) is 0.430. The fourth-order valence-electron chi connectivity index (χ4n) is 2.42. The molecule has 0 saturated carbocycles. The summed E-state index contributed by atoms with van der Waals surface area (Å²) in [6.07, 6.45) is 1.67. The van der Waals surface area contributed by atoms with Crippen molar-refractivity contribution in [2.45, 2.75) is 25.9 Å². The van der Waals surface area contributed by atoms with Gasteiger partial charge in [0.25, 0.3) is 0 Å². The van der Waals surface area contributed by atoms with Crippen LogP contribution in [-0.4, -0.2) is 56.3 Å². The summed E-state index contributed by atoms with van der Waals surface area (Å²) in [5.41, 5.74) is 0.102. The average Bonchev–Trinajstić information content (AvgIpc) is 2.97. The monoisotopic (exact) mass is 422 g/mol. The number of hydrogen-bond acceptors (Lipinski definition) is 4. The normalized spacial score (nSPS) is 18.6. The van der Waals surface area contributed by atoms with E-state index in [1.54, 1.807) is 13.3 Å². The minimum Gasteiger partial charge on any atom is -0.467 e. The number of furan rings is 1. The number of rotatable bonds is 5. The molecule has 0 spiro atoms. The SMILES string of the molecule is CN=C(NCCN1CCOCC1(C)C)NCc1ccco1.I. The van der Waals surface area contributed by atoms with E-state index < -0.39 is 0 Å². The number of morpholine rings is 1. The second-order valence-electron chi connectivity index (χ2n) is 5.78. The second-order valence-corrected chi connectivity index (χ2v) is 5.78. The summed E-state index contributed by atoms with van der Waals surface area (Å²) in [5, 5.41) is 6.56. The van der Waals surface area contributed by atoms with E-state index in [2.05, 4.69) is 34.4 Å². The first-order valence-electron chi connectivity index (χ1n) is 7.41. The lowest BCUT2D eigenvalue weighted by atomic mass is 10.0. The van der Waals surface area contributed by atoms with Crippen molar-refractivity contribution >= 4 is 29.9 Å². The van der Waals surface area contributed by atoms with E-state index in [4.69, 9.17) is 9.15 Å². The Labute approximate surface area is 149 Å². The highest BCUT2D eigenvalue weighted by Crippen LogP contribution is 2.17. The molecule has 126 valence electrons. The van der Waals surface area contributed by atoms with Crippen LogP contribution in [0.4, 0.5) is 0 Å². The van der Waals surface area contributed by atoms with E-state index in [0.717, 1.165) is 44.6 Å². The van der Waals surface area contributed by atoms with Crippen molar-refractivity contribution in [1.82, 2.24) is 15.5 Å².